The van der Waals surface area contributed by atoms with E-state index in [2.05, 4.69) is 17.1 Å². The Labute approximate surface area is 183 Å². The molecule has 0 aliphatic carbocycles. The first-order valence-electron chi connectivity index (χ1n) is 10.2. The predicted octanol–water partition coefficient (Wildman–Crippen LogP) is 4.50. The smallest absolute Gasteiger partial charge is 0.169 e. The van der Waals surface area contributed by atoms with Crippen molar-refractivity contribution in [3.8, 4) is 17.2 Å². The van der Waals surface area contributed by atoms with Crippen LogP contribution in [0, 0.1) is 5.82 Å². The molecule has 0 saturated heterocycles. The van der Waals surface area contributed by atoms with E-state index in [0.717, 1.165) is 43.0 Å². The number of rotatable bonds is 8. The summed E-state index contributed by atoms with van der Waals surface area (Å²) in [5.41, 5.74) is 2.29. The quantitative estimate of drug-likeness (QED) is 0.490. The maximum atomic E-state index is 13.2. The van der Waals surface area contributed by atoms with Crippen molar-refractivity contribution in [2.75, 3.05) is 33.9 Å². The summed E-state index contributed by atoms with van der Waals surface area (Å²) < 4.78 is 30.3. The van der Waals surface area contributed by atoms with Gasteiger partial charge in [-0.05, 0) is 72.6 Å². The standard InChI is InChI=1S/C23H29FN2O3S/c1-4-5-11-25-23(30)26-12-10-16-13-21(27-2)22(28-3)14-19(16)20(26)15-29-18-8-6-17(24)7-9-18/h6-9,13-14,20H,4-5,10-12,15H2,1-3H3,(H,25,30)/t20-/m0/s1. The Bertz CT molecular complexity index is 860. The summed E-state index contributed by atoms with van der Waals surface area (Å²) in [6.07, 6.45) is 3.01. The molecule has 0 saturated carbocycles. The average Bonchev–Trinajstić information content (AvgIpc) is 2.77. The second-order valence-corrected chi connectivity index (χ2v) is 7.60. The van der Waals surface area contributed by atoms with Crippen LogP contribution in [0.2, 0.25) is 0 Å². The summed E-state index contributed by atoms with van der Waals surface area (Å²) in [5, 5.41) is 4.09. The molecule has 1 N–H and O–H groups in total. The molecule has 1 heterocycles. The average molecular weight is 433 g/mol. The van der Waals surface area contributed by atoms with Crippen LogP contribution in [0.15, 0.2) is 36.4 Å². The van der Waals surface area contributed by atoms with Gasteiger partial charge in [0, 0.05) is 13.1 Å². The molecule has 30 heavy (non-hydrogen) atoms. The van der Waals surface area contributed by atoms with Gasteiger partial charge < -0.3 is 24.4 Å². The Morgan fingerprint density at radius 2 is 1.87 bits per heavy atom. The van der Waals surface area contributed by atoms with Crippen LogP contribution >= 0.6 is 12.2 Å². The Hall–Kier alpha value is -2.54. The van der Waals surface area contributed by atoms with Crippen molar-refractivity contribution < 1.29 is 18.6 Å². The maximum Gasteiger partial charge on any atom is 0.169 e. The van der Waals surface area contributed by atoms with Crippen molar-refractivity contribution in [2.45, 2.75) is 32.2 Å². The van der Waals surface area contributed by atoms with E-state index in [0.29, 0.717) is 23.9 Å². The van der Waals surface area contributed by atoms with Crippen molar-refractivity contribution in [3.05, 3.63) is 53.3 Å². The largest absolute Gasteiger partial charge is 0.493 e. The molecule has 1 aliphatic rings. The van der Waals surface area contributed by atoms with E-state index < -0.39 is 0 Å². The molecule has 0 spiro atoms. The normalized spacial score (nSPS) is 15.3. The predicted molar refractivity (Wildman–Crippen MR) is 120 cm³/mol. The molecule has 0 unspecified atom stereocenters. The lowest BCUT2D eigenvalue weighted by atomic mass is 9.92. The molecule has 0 fully saturated rings. The minimum absolute atomic E-state index is 0.0970. The number of nitrogens with one attached hydrogen (secondary N) is 1. The molecule has 1 atom stereocenters. The van der Waals surface area contributed by atoms with Gasteiger partial charge in [0.2, 0.25) is 0 Å². The fourth-order valence-electron chi connectivity index (χ4n) is 3.63. The first-order chi connectivity index (χ1) is 14.6. The van der Waals surface area contributed by atoms with Crippen molar-refractivity contribution >= 4 is 17.3 Å². The zero-order valence-electron chi connectivity index (χ0n) is 17.7. The van der Waals surface area contributed by atoms with E-state index in [4.69, 9.17) is 26.4 Å². The van der Waals surface area contributed by atoms with Gasteiger partial charge in [-0.15, -0.1) is 0 Å². The summed E-state index contributed by atoms with van der Waals surface area (Å²) in [6, 6.07) is 10.0. The van der Waals surface area contributed by atoms with E-state index in [-0.39, 0.29) is 11.9 Å². The molecule has 7 heteroatoms. The molecule has 0 amide bonds. The molecule has 5 nitrogen and oxygen atoms in total. The molecular weight excluding hydrogens is 403 g/mol. The fraction of sp³-hybridized carbons (Fsp3) is 0.435. The van der Waals surface area contributed by atoms with Gasteiger partial charge in [-0.3, -0.25) is 0 Å². The third-order valence-corrected chi connectivity index (χ3v) is 5.67. The lowest BCUT2D eigenvalue weighted by molar-refractivity contribution is 0.187. The number of hydrogen-bond donors (Lipinski definition) is 1. The molecule has 0 radical (unpaired) electrons. The van der Waals surface area contributed by atoms with E-state index in [9.17, 15) is 4.39 Å². The summed E-state index contributed by atoms with van der Waals surface area (Å²) in [5.74, 6) is 1.72. The molecule has 1 aliphatic heterocycles. The first-order valence-corrected chi connectivity index (χ1v) is 10.7. The molecular formula is C23H29FN2O3S. The highest BCUT2D eigenvalue weighted by atomic mass is 32.1. The molecule has 162 valence electrons. The van der Waals surface area contributed by atoms with E-state index in [1.54, 1.807) is 26.4 Å². The molecule has 3 rings (SSSR count). The van der Waals surface area contributed by atoms with E-state index in [1.165, 1.54) is 17.7 Å². The highest BCUT2D eigenvalue weighted by molar-refractivity contribution is 7.80. The number of fused-ring (bicyclic) bond motifs is 1. The van der Waals surface area contributed by atoms with Crippen LogP contribution in [-0.2, 0) is 6.42 Å². The highest BCUT2D eigenvalue weighted by Gasteiger charge is 2.31. The zero-order chi connectivity index (χ0) is 21.5. The minimum atomic E-state index is -0.287. The summed E-state index contributed by atoms with van der Waals surface area (Å²) in [6.45, 7) is 4.15. The number of hydrogen-bond acceptors (Lipinski definition) is 4. The van der Waals surface area contributed by atoms with Gasteiger partial charge in [-0.2, -0.15) is 0 Å². The number of nitrogens with zero attached hydrogens (tertiary/aromatic N) is 1. The second-order valence-electron chi connectivity index (χ2n) is 7.22. The Morgan fingerprint density at radius 1 is 1.17 bits per heavy atom. The molecule has 2 aromatic carbocycles. The van der Waals surface area contributed by atoms with Gasteiger partial charge in [0.25, 0.3) is 0 Å². The number of halogens is 1. The maximum absolute atomic E-state index is 13.2. The van der Waals surface area contributed by atoms with Crippen molar-refractivity contribution in [1.82, 2.24) is 10.2 Å². The van der Waals surface area contributed by atoms with Crippen molar-refractivity contribution in [3.63, 3.8) is 0 Å². The van der Waals surface area contributed by atoms with Gasteiger partial charge >= 0.3 is 0 Å². The van der Waals surface area contributed by atoms with Gasteiger partial charge in [-0.1, -0.05) is 13.3 Å². The van der Waals surface area contributed by atoms with Crippen LogP contribution in [0.25, 0.3) is 0 Å². The summed E-state index contributed by atoms with van der Waals surface area (Å²) in [7, 11) is 3.27. The van der Waals surface area contributed by atoms with E-state index >= 15 is 0 Å². The zero-order valence-corrected chi connectivity index (χ0v) is 18.6. The molecule has 0 aromatic heterocycles. The lowest BCUT2D eigenvalue weighted by Crippen LogP contribution is -2.47. The number of thiocarbonyl (C=S) groups is 1. The van der Waals surface area contributed by atoms with Gasteiger partial charge in [0.1, 0.15) is 18.2 Å². The lowest BCUT2D eigenvalue weighted by Gasteiger charge is -2.39. The Balaban J connectivity index is 1.88. The molecule has 0 bridgehead atoms. The third-order valence-electron chi connectivity index (χ3n) is 5.29. The number of unbranched alkanes of at least 4 members (excludes halogenated alkanes) is 1. The van der Waals surface area contributed by atoms with Crippen LogP contribution < -0.4 is 19.5 Å². The number of ether oxygens (including phenoxy) is 3. The van der Waals surface area contributed by atoms with Crippen molar-refractivity contribution in [2.24, 2.45) is 0 Å². The minimum Gasteiger partial charge on any atom is -0.493 e. The van der Waals surface area contributed by atoms with Gasteiger partial charge in [0.05, 0.1) is 20.3 Å². The van der Waals surface area contributed by atoms with E-state index in [1.807, 2.05) is 12.1 Å². The van der Waals surface area contributed by atoms with Crippen LogP contribution in [0.4, 0.5) is 4.39 Å². The Morgan fingerprint density at radius 3 is 2.53 bits per heavy atom. The van der Waals surface area contributed by atoms with Crippen LogP contribution in [0.3, 0.4) is 0 Å². The van der Waals surface area contributed by atoms with Crippen LogP contribution in [0.1, 0.15) is 36.9 Å². The number of benzene rings is 2. The van der Waals surface area contributed by atoms with Crippen LogP contribution in [0.5, 0.6) is 17.2 Å². The topological polar surface area (TPSA) is 43.0 Å². The monoisotopic (exact) mass is 432 g/mol. The SMILES string of the molecule is CCCCNC(=S)N1CCc2cc(OC)c(OC)cc2[C@@H]1COc1ccc(F)cc1. The second kappa shape index (κ2) is 10.5. The third kappa shape index (κ3) is 5.14. The van der Waals surface area contributed by atoms with Gasteiger partial charge in [-0.25, -0.2) is 4.39 Å². The first kappa shape index (κ1) is 22.2. The van der Waals surface area contributed by atoms with Crippen LogP contribution in [-0.4, -0.2) is 43.9 Å². The Kier molecular flexibility index (Phi) is 7.74. The highest BCUT2D eigenvalue weighted by Crippen LogP contribution is 2.38. The summed E-state index contributed by atoms with van der Waals surface area (Å²) >= 11 is 5.71. The van der Waals surface area contributed by atoms with Gasteiger partial charge in [0.15, 0.2) is 16.6 Å². The number of methoxy groups -OCH3 is 2. The summed E-state index contributed by atoms with van der Waals surface area (Å²) in [4.78, 5) is 2.17. The molecule has 2 aromatic rings. The fourth-order valence-corrected chi connectivity index (χ4v) is 3.95. The van der Waals surface area contributed by atoms with Crippen molar-refractivity contribution in [1.29, 1.82) is 0 Å².